The van der Waals surface area contributed by atoms with E-state index >= 15 is 0 Å². The Balaban J connectivity index is 3.09. The summed E-state index contributed by atoms with van der Waals surface area (Å²) >= 11 is 0. The molecule has 84 valence electrons. The highest BCUT2D eigenvalue weighted by Crippen LogP contribution is 2.37. The van der Waals surface area contributed by atoms with Gasteiger partial charge < -0.3 is 10.2 Å². The van der Waals surface area contributed by atoms with Crippen LogP contribution in [0.25, 0.3) is 10.8 Å². The largest absolute Gasteiger partial charge is 0.508 e. The summed E-state index contributed by atoms with van der Waals surface area (Å²) in [5.41, 5.74) is 3.65. The predicted molar refractivity (Wildman–Crippen MR) is 66.2 cm³/mol. The molecular formula is C14H16O2. The molecule has 16 heavy (non-hydrogen) atoms. The van der Waals surface area contributed by atoms with E-state index in [1.54, 1.807) is 6.07 Å². The van der Waals surface area contributed by atoms with Crippen molar-refractivity contribution in [3.63, 3.8) is 0 Å². The third-order valence-corrected chi connectivity index (χ3v) is 3.49. The molecule has 2 N–H and O–H groups in total. The van der Waals surface area contributed by atoms with E-state index in [-0.39, 0.29) is 5.75 Å². The van der Waals surface area contributed by atoms with Gasteiger partial charge in [0.25, 0.3) is 0 Å². The molecule has 2 nitrogen and oxygen atoms in total. The highest BCUT2D eigenvalue weighted by Gasteiger charge is 2.13. The molecule has 0 aliphatic rings. The molecule has 0 bridgehead atoms. The first-order valence-corrected chi connectivity index (χ1v) is 5.36. The van der Waals surface area contributed by atoms with Crippen molar-refractivity contribution in [3.05, 3.63) is 34.4 Å². The van der Waals surface area contributed by atoms with Crippen molar-refractivity contribution >= 4 is 10.8 Å². The number of phenols is 2. The predicted octanol–water partition coefficient (Wildman–Crippen LogP) is 3.48. The van der Waals surface area contributed by atoms with Crippen LogP contribution in [-0.2, 0) is 0 Å². The summed E-state index contributed by atoms with van der Waals surface area (Å²) in [4.78, 5) is 0. The van der Waals surface area contributed by atoms with Gasteiger partial charge >= 0.3 is 0 Å². The maximum Gasteiger partial charge on any atom is 0.122 e. The van der Waals surface area contributed by atoms with Gasteiger partial charge in [-0.05, 0) is 66.8 Å². The lowest BCUT2D eigenvalue weighted by Crippen LogP contribution is -1.92. The number of hydrogen-bond acceptors (Lipinski definition) is 2. The van der Waals surface area contributed by atoms with Gasteiger partial charge in [-0.15, -0.1) is 0 Å². The summed E-state index contributed by atoms with van der Waals surface area (Å²) in [5.74, 6) is 0.608. The molecule has 2 heteroatoms. The minimum Gasteiger partial charge on any atom is -0.508 e. The Hall–Kier alpha value is -1.70. The number of aryl methyl sites for hydroxylation is 3. The van der Waals surface area contributed by atoms with Crippen LogP contribution < -0.4 is 0 Å². The molecule has 0 spiro atoms. The Morgan fingerprint density at radius 3 is 2.00 bits per heavy atom. The summed E-state index contributed by atoms with van der Waals surface area (Å²) in [7, 11) is 0. The summed E-state index contributed by atoms with van der Waals surface area (Å²) in [5, 5.41) is 21.8. The quantitative estimate of drug-likeness (QED) is 0.707. The number of hydrogen-bond donors (Lipinski definition) is 2. The number of aromatic hydroxyl groups is 2. The van der Waals surface area contributed by atoms with Gasteiger partial charge in [0.1, 0.15) is 11.5 Å². The average molecular weight is 216 g/mol. The molecule has 2 aromatic carbocycles. The standard InChI is InChI=1S/C14H16O2/c1-7-8(2)14(16)10(4)13-9(3)12(15)6-5-11(7)13/h5-6,15-16H,1-4H3. The highest BCUT2D eigenvalue weighted by atomic mass is 16.3. The monoisotopic (exact) mass is 216 g/mol. The molecule has 0 aliphatic carbocycles. The Morgan fingerprint density at radius 1 is 0.750 bits per heavy atom. The van der Waals surface area contributed by atoms with Crippen molar-refractivity contribution < 1.29 is 10.2 Å². The molecule has 0 unspecified atom stereocenters. The van der Waals surface area contributed by atoms with Gasteiger partial charge in [-0.1, -0.05) is 6.07 Å². The van der Waals surface area contributed by atoms with E-state index in [1.807, 2.05) is 33.8 Å². The van der Waals surface area contributed by atoms with E-state index in [4.69, 9.17) is 0 Å². The SMILES string of the molecule is Cc1c(O)c(C)c2c(C)c(O)ccc2c1C. The lowest BCUT2D eigenvalue weighted by molar-refractivity contribution is 0.466. The Labute approximate surface area is 95.2 Å². The summed E-state index contributed by atoms with van der Waals surface area (Å²) in [6.07, 6.45) is 0. The smallest absolute Gasteiger partial charge is 0.122 e. The molecule has 0 saturated heterocycles. The van der Waals surface area contributed by atoms with Crippen LogP contribution in [0, 0.1) is 27.7 Å². The molecule has 0 heterocycles. The molecule has 0 amide bonds. The van der Waals surface area contributed by atoms with Gasteiger partial charge in [-0.3, -0.25) is 0 Å². The minimum atomic E-state index is 0.276. The lowest BCUT2D eigenvalue weighted by atomic mass is 9.92. The molecule has 0 radical (unpaired) electrons. The zero-order valence-corrected chi connectivity index (χ0v) is 10.0. The van der Waals surface area contributed by atoms with E-state index < -0.39 is 0 Å². The fourth-order valence-electron chi connectivity index (χ4n) is 2.28. The number of benzene rings is 2. The van der Waals surface area contributed by atoms with E-state index in [0.29, 0.717) is 5.75 Å². The van der Waals surface area contributed by atoms with E-state index in [9.17, 15) is 10.2 Å². The molecule has 0 aromatic heterocycles. The Bertz CT molecular complexity index is 583. The van der Waals surface area contributed by atoms with E-state index in [0.717, 1.165) is 33.0 Å². The van der Waals surface area contributed by atoms with Crippen molar-refractivity contribution in [2.45, 2.75) is 27.7 Å². The first-order chi connectivity index (χ1) is 7.45. The number of phenolic OH excluding ortho intramolecular Hbond substituents is 2. The number of fused-ring (bicyclic) bond motifs is 1. The van der Waals surface area contributed by atoms with Crippen molar-refractivity contribution in [2.24, 2.45) is 0 Å². The van der Waals surface area contributed by atoms with Crippen molar-refractivity contribution in [3.8, 4) is 11.5 Å². The average Bonchev–Trinajstić information content (AvgIpc) is 2.27. The summed E-state index contributed by atoms with van der Waals surface area (Å²) < 4.78 is 0. The zero-order valence-electron chi connectivity index (χ0n) is 10.0. The topological polar surface area (TPSA) is 40.5 Å². The van der Waals surface area contributed by atoms with Crippen LogP contribution >= 0.6 is 0 Å². The van der Waals surface area contributed by atoms with Crippen LogP contribution in [0.3, 0.4) is 0 Å². The second kappa shape index (κ2) is 3.41. The third kappa shape index (κ3) is 1.26. The maximum atomic E-state index is 10.0. The molecule has 0 fully saturated rings. The van der Waals surface area contributed by atoms with Gasteiger partial charge in [0.15, 0.2) is 0 Å². The first-order valence-electron chi connectivity index (χ1n) is 5.36. The number of rotatable bonds is 0. The van der Waals surface area contributed by atoms with Crippen LogP contribution in [0.2, 0.25) is 0 Å². The van der Waals surface area contributed by atoms with Gasteiger partial charge in [0, 0.05) is 0 Å². The second-order valence-electron chi connectivity index (χ2n) is 4.36. The highest BCUT2D eigenvalue weighted by molar-refractivity contribution is 5.95. The molecular weight excluding hydrogens is 200 g/mol. The molecule has 2 aromatic rings. The van der Waals surface area contributed by atoms with Crippen LogP contribution in [0.15, 0.2) is 12.1 Å². The van der Waals surface area contributed by atoms with Gasteiger partial charge in [-0.2, -0.15) is 0 Å². The molecule has 0 aliphatic heterocycles. The second-order valence-corrected chi connectivity index (χ2v) is 4.36. The van der Waals surface area contributed by atoms with Crippen LogP contribution in [0.4, 0.5) is 0 Å². The van der Waals surface area contributed by atoms with Gasteiger partial charge in [-0.25, -0.2) is 0 Å². The van der Waals surface area contributed by atoms with Crippen LogP contribution in [0.1, 0.15) is 22.3 Å². The lowest BCUT2D eigenvalue weighted by Gasteiger charge is -2.15. The fourth-order valence-corrected chi connectivity index (χ4v) is 2.28. The normalized spacial score (nSPS) is 11.0. The van der Waals surface area contributed by atoms with Crippen molar-refractivity contribution in [1.29, 1.82) is 0 Å². The van der Waals surface area contributed by atoms with Gasteiger partial charge in [0.2, 0.25) is 0 Å². The minimum absolute atomic E-state index is 0.276. The molecule has 0 saturated carbocycles. The van der Waals surface area contributed by atoms with E-state index in [2.05, 4.69) is 0 Å². The van der Waals surface area contributed by atoms with Gasteiger partial charge in [0.05, 0.1) is 0 Å². The first kappa shape index (κ1) is 10.8. The maximum absolute atomic E-state index is 10.0. The Morgan fingerprint density at radius 2 is 1.38 bits per heavy atom. The zero-order chi connectivity index (χ0) is 12.0. The third-order valence-electron chi connectivity index (χ3n) is 3.49. The fraction of sp³-hybridized carbons (Fsp3) is 0.286. The van der Waals surface area contributed by atoms with Crippen LogP contribution in [-0.4, -0.2) is 10.2 Å². The van der Waals surface area contributed by atoms with Crippen molar-refractivity contribution in [2.75, 3.05) is 0 Å². The summed E-state index contributed by atoms with van der Waals surface area (Å²) in [6.45, 7) is 7.67. The summed E-state index contributed by atoms with van der Waals surface area (Å²) in [6, 6.07) is 3.62. The molecule has 2 rings (SSSR count). The molecule has 0 atom stereocenters. The van der Waals surface area contributed by atoms with Crippen LogP contribution in [0.5, 0.6) is 11.5 Å². The van der Waals surface area contributed by atoms with E-state index in [1.165, 1.54) is 0 Å². The Kier molecular flexibility index (Phi) is 2.30. The van der Waals surface area contributed by atoms with Crippen molar-refractivity contribution in [1.82, 2.24) is 0 Å².